The van der Waals surface area contributed by atoms with Gasteiger partial charge in [0.15, 0.2) is 17.5 Å². The molecule has 7 aromatic rings. The molecule has 1 aliphatic carbocycles. The number of rotatable bonds is 4. The summed E-state index contributed by atoms with van der Waals surface area (Å²) < 4.78 is 0. The van der Waals surface area contributed by atoms with Crippen molar-refractivity contribution >= 4 is 35.5 Å². The van der Waals surface area contributed by atoms with Gasteiger partial charge in [-0.15, -0.1) is 0 Å². The highest BCUT2D eigenvalue weighted by Gasteiger charge is 2.43. The molecule has 0 N–H and O–H groups in total. The highest BCUT2D eigenvalue weighted by Crippen LogP contribution is 2.52. The van der Waals surface area contributed by atoms with Crippen molar-refractivity contribution < 1.29 is 0 Å². The van der Waals surface area contributed by atoms with Crippen molar-refractivity contribution in [3.63, 3.8) is 0 Å². The van der Waals surface area contributed by atoms with Crippen LogP contribution in [0.4, 0.5) is 17.1 Å². The highest BCUT2D eigenvalue weighted by molar-refractivity contribution is 7.02. The van der Waals surface area contributed by atoms with Gasteiger partial charge in [-0.3, -0.25) is 0 Å². The molecule has 0 amide bonds. The maximum Gasteiger partial charge on any atom is 0.164 e. The smallest absolute Gasteiger partial charge is 0.164 e. The van der Waals surface area contributed by atoms with Crippen LogP contribution in [0.25, 0.3) is 34.2 Å². The number of hydrogen-bond donors (Lipinski definition) is 0. The molecule has 1 aliphatic heterocycles. The molecule has 52 heavy (non-hydrogen) atoms. The Morgan fingerprint density at radius 2 is 0.846 bits per heavy atom. The highest BCUT2D eigenvalue weighted by atomic mass is 28.3. The first-order chi connectivity index (χ1) is 25.0. The molecule has 2 heterocycles. The van der Waals surface area contributed by atoms with Crippen LogP contribution in [0, 0.1) is 0 Å². The summed E-state index contributed by atoms with van der Waals surface area (Å²) in [4.78, 5) is 17.6. The maximum atomic E-state index is 5.08. The Kier molecular flexibility index (Phi) is 7.25. The summed E-state index contributed by atoms with van der Waals surface area (Å²) in [7, 11) is -1.88. The molecule has 0 saturated heterocycles. The predicted molar refractivity (Wildman–Crippen MR) is 218 cm³/mol. The standard InChI is InChI=1S/C47H42N4Si/c1-46(2)35-27-25-33(45-49-43(31-17-9-7-10-18-31)48-44(50-45)32-19-11-8-12-20-32)29-37(35)47(3,4)38-30-34(26-28-36(38)46)51-39-21-13-15-23-41(39)52(5,6)42-24-16-14-22-40(42)51/h7-30H,1-6H3. The fourth-order valence-corrected chi connectivity index (χ4v) is 11.6. The third-order valence-corrected chi connectivity index (χ3v) is 15.1. The average molecular weight is 691 g/mol. The van der Waals surface area contributed by atoms with Gasteiger partial charge in [0.25, 0.3) is 0 Å². The third-order valence-electron chi connectivity index (χ3n) is 11.6. The van der Waals surface area contributed by atoms with Gasteiger partial charge >= 0.3 is 0 Å². The van der Waals surface area contributed by atoms with Gasteiger partial charge in [-0.25, -0.2) is 15.0 Å². The topological polar surface area (TPSA) is 41.9 Å². The number of nitrogens with zero attached hydrogens (tertiary/aromatic N) is 4. The third kappa shape index (κ3) is 4.90. The molecule has 0 spiro atoms. The molecule has 2 aliphatic rings. The van der Waals surface area contributed by atoms with Crippen LogP contribution in [0.15, 0.2) is 146 Å². The number of hydrogen-bond acceptors (Lipinski definition) is 4. The Balaban J connectivity index is 1.20. The molecule has 254 valence electrons. The van der Waals surface area contributed by atoms with E-state index in [-0.39, 0.29) is 10.8 Å². The lowest BCUT2D eigenvalue weighted by molar-refractivity contribution is 0.521. The second-order valence-electron chi connectivity index (χ2n) is 15.8. The molecule has 6 aromatic carbocycles. The van der Waals surface area contributed by atoms with E-state index in [0.717, 1.165) is 16.7 Å². The van der Waals surface area contributed by atoms with Crippen molar-refractivity contribution in [3.8, 4) is 34.2 Å². The quantitative estimate of drug-likeness (QED) is 0.172. The Labute approximate surface area is 307 Å². The van der Waals surface area contributed by atoms with Gasteiger partial charge in [-0.2, -0.15) is 0 Å². The Morgan fingerprint density at radius 3 is 1.38 bits per heavy atom. The van der Waals surface area contributed by atoms with E-state index < -0.39 is 8.07 Å². The molecule has 1 aromatic heterocycles. The first-order valence-corrected chi connectivity index (χ1v) is 21.2. The second kappa shape index (κ2) is 11.7. The minimum atomic E-state index is -1.88. The fourth-order valence-electron chi connectivity index (χ4n) is 8.65. The Hall–Kier alpha value is -5.65. The van der Waals surface area contributed by atoms with E-state index in [1.54, 1.807) is 0 Å². The molecule has 4 nitrogen and oxygen atoms in total. The molecule has 0 bridgehead atoms. The van der Waals surface area contributed by atoms with Crippen LogP contribution in [0.1, 0.15) is 49.9 Å². The lowest BCUT2D eigenvalue weighted by Gasteiger charge is -2.45. The van der Waals surface area contributed by atoms with Gasteiger partial charge in [-0.05, 0) is 63.0 Å². The zero-order valence-corrected chi connectivity index (χ0v) is 31.6. The van der Waals surface area contributed by atoms with Crippen LogP contribution in [0.5, 0.6) is 0 Å². The van der Waals surface area contributed by atoms with E-state index in [2.05, 4.69) is 155 Å². The average Bonchev–Trinajstić information content (AvgIpc) is 3.18. The van der Waals surface area contributed by atoms with Crippen LogP contribution in [-0.2, 0) is 10.8 Å². The Morgan fingerprint density at radius 1 is 0.423 bits per heavy atom. The van der Waals surface area contributed by atoms with Gasteiger partial charge in [0, 0.05) is 44.6 Å². The number of para-hydroxylation sites is 2. The molecule has 0 fully saturated rings. The minimum absolute atomic E-state index is 0.201. The van der Waals surface area contributed by atoms with E-state index >= 15 is 0 Å². The SMILES string of the molecule is CC1(C)c2ccc(-c3nc(-c4ccccc4)nc(-c4ccccc4)n3)cc2C(C)(C)c2cc(N3c4ccccc4[Si](C)(C)c4ccccc43)ccc21. The van der Waals surface area contributed by atoms with Gasteiger partial charge in [-0.1, -0.05) is 156 Å². The molecule has 0 unspecified atom stereocenters. The van der Waals surface area contributed by atoms with Gasteiger partial charge in [0.1, 0.15) is 8.07 Å². The van der Waals surface area contributed by atoms with Crippen LogP contribution in [-0.4, -0.2) is 23.0 Å². The molecule has 0 atom stereocenters. The molecule has 0 saturated carbocycles. The van der Waals surface area contributed by atoms with Crippen molar-refractivity contribution in [3.05, 3.63) is 168 Å². The van der Waals surface area contributed by atoms with E-state index in [1.807, 2.05) is 36.4 Å². The first-order valence-electron chi connectivity index (χ1n) is 18.2. The molecule has 5 heteroatoms. The number of aromatic nitrogens is 3. The van der Waals surface area contributed by atoms with Gasteiger partial charge in [0.05, 0.1) is 0 Å². The van der Waals surface area contributed by atoms with Crippen molar-refractivity contribution in [1.82, 2.24) is 15.0 Å². The fraction of sp³-hybridized carbons (Fsp3) is 0.170. The maximum absolute atomic E-state index is 5.08. The van der Waals surface area contributed by atoms with Gasteiger partial charge < -0.3 is 4.90 Å². The molecular formula is C47H42N4Si. The van der Waals surface area contributed by atoms with Crippen molar-refractivity contribution in [1.29, 1.82) is 0 Å². The zero-order valence-electron chi connectivity index (χ0n) is 30.6. The summed E-state index contributed by atoms with van der Waals surface area (Å²) in [6.45, 7) is 14.4. The van der Waals surface area contributed by atoms with Crippen LogP contribution < -0.4 is 15.3 Å². The van der Waals surface area contributed by atoms with E-state index in [4.69, 9.17) is 15.0 Å². The van der Waals surface area contributed by atoms with E-state index in [9.17, 15) is 0 Å². The largest absolute Gasteiger partial charge is 0.311 e. The van der Waals surface area contributed by atoms with Crippen LogP contribution in [0.3, 0.4) is 0 Å². The zero-order chi connectivity index (χ0) is 35.8. The van der Waals surface area contributed by atoms with Crippen molar-refractivity contribution in [2.45, 2.75) is 51.6 Å². The van der Waals surface area contributed by atoms with E-state index in [1.165, 1.54) is 49.7 Å². The van der Waals surface area contributed by atoms with Gasteiger partial charge in [0.2, 0.25) is 0 Å². The molecule has 0 radical (unpaired) electrons. The summed E-state index contributed by atoms with van der Waals surface area (Å²) in [6.07, 6.45) is 0. The van der Waals surface area contributed by atoms with Crippen molar-refractivity contribution in [2.24, 2.45) is 0 Å². The van der Waals surface area contributed by atoms with Crippen LogP contribution >= 0.6 is 0 Å². The minimum Gasteiger partial charge on any atom is -0.311 e. The number of anilines is 3. The number of fused-ring (bicyclic) bond motifs is 4. The summed E-state index contributed by atoms with van der Waals surface area (Å²) >= 11 is 0. The van der Waals surface area contributed by atoms with Crippen molar-refractivity contribution in [2.75, 3.05) is 4.90 Å². The lowest BCUT2D eigenvalue weighted by Crippen LogP contribution is -2.58. The van der Waals surface area contributed by atoms with E-state index in [0.29, 0.717) is 17.5 Å². The Bertz CT molecular complexity index is 2400. The molecular weight excluding hydrogens is 649 g/mol. The summed E-state index contributed by atoms with van der Waals surface area (Å²) in [6, 6.07) is 52.5. The normalized spacial score (nSPS) is 15.9. The number of benzene rings is 6. The predicted octanol–water partition coefficient (Wildman–Crippen LogP) is 10.4. The summed E-state index contributed by atoms with van der Waals surface area (Å²) in [5.41, 5.74) is 11.6. The summed E-state index contributed by atoms with van der Waals surface area (Å²) in [5.74, 6) is 2.02. The molecule has 9 rings (SSSR count). The first kappa shape index (κ1) is 32.3. The second-order valence-corrected chi connectivity index (χ2v) is 20.1. The lowest BCUT2D eigenvalue weighted by atomic mass is 9.59. The monoisotopic (exact) mass is 690 g/mol. The van der Waals surface area contributed by atoms with Crippen LogP contribution in [0.2, 0.25) is 13.1 Å². The summed E-state index contributed by atoms with van der Waals surface area (Å²) in [5, 5.41) is 2.95.